The van der Waals surface area contributed by atoms with Crippen molar-refractivity contribution in [3.8, 4) is 6.07 Å². The molecule has 0 aliphatic rings. The zero-order valence-electron chi connectivity index (χ0n) is 17.5. The molecule has 0 aliphatic carbocycles. The zero-order chi connectivity index (χ0) is 24.8. The smallest absolute Gasteiger partial charge is 0.340 e. The van der Waals surface area contributed by atoms with Crippen LogP contribution in [0.15, 0.2) is 47.8 Å². The quantitative estimate of drug-likeness (QED) is 0.274. The second-order valence-electron chi connectivity index (χ2n) is 6.85. The van der Waals surface area contributed by atoms with Gasteiger partial charge in [-0.1, -0.05) is 23.7 Å². The number of halogens is 1. The lowest BCUT2D eigenvalue weighted by Gasteiger charge is -2.12. The number of hydrogen-bond acceptors (Lipinski definition) is 9. The first-order chi connectivity index (χ1) is 16.2. The third-order valence-electron chi connectivity index (χ3n) is 4.48. The van der Waals surface area contributed by atoms with Crippen molar-refractivity contribution in [3.05, 3.63) is 84.8 Å². The number of amides is 1. The van der Waals surface area contributed by atoms with Crippen LogP contribution in [0.4, 0.5) is 11.4 Å². The number of nitrogens with one attached hydrogen (secondary N) is 1. The molecule has 0 saturated carbocycles. The Hall–Kier alpha value is -4.14. The summed E-state index contributed by atoms with van der Waals surface area (Å²) in [5, 5.41) is 24.6. The van der Waals surface area contributed by atoms with E-state index in [2.05, 4.69) is 10.3 Å². The normalized spacial score (nSPS) is 11.2. The molecule has 0 aliphatic heterocycles. The van der Waals surface area contributed by atoms with Crippen molar-refractivity contribution in [3.63, 3.8) is 0 Å². The van der Waals surface area contributed by atoms with Crippen LogP contribution in [0.25, 0.3) is 0 Å². The van der Waals surface area contributed by atoms with Gasteiger partial charge in [-0.15, -0.1) is 11.3 Å². The molecule has 10 nitrogen and oxygen atoms in total. The van der Waals surface area contributed by atoms with Gasteiger partial charge in [0.2, 0.25) is 0 Å². The molecular weight excluding hydrogens is 484 g/mol. The summed E-state index contributed by atoms with van der Waals surface area (Å²) in [5.74, 6) is -3.40. The number of esters is 1. The van der Waals surface area contributed by atoms with Crippen LogP contribution < -0.4 is 5.32 Å². The Morgan fingerprint density at radius 1 is 1.26 bits per heavy atom. The predicted octanol–water partition coefficient (Wildman–Crippen LogP) is 4.30. The largest absolute Gasteiger partial charge is 0.454 e. The number of hydrogen-bond donors (Lipinski definition) is 1. The molecule has 3 aromatic rings. The van der Waals surface area contributed by atoms with Crippen molar-refractivity contribution >= 4 is 52.0 Å². The van der Waals surface area contributed by atoms with Gasteiger partial charge in [-0.05, 0) is 25.1 Å². The first kappa shape index (κ1) is 24.5. The van der Waals surface area contributed by atoms with Crippen molar-refractivity contribution in [2.45, 2.75) is 12.8 Å². The number of nitrogens with zero attached hydrogens (tertiary/aromatic N) is 3. The third-order valence-corrected chi connectivity index (χ3v) is 5.82. The average Bonchev–Trinajstić information content (AvgIpc) is 3.23. The minimum atomic E-state index is -1.16. The van der Waals surface area contributed by atoms with Gasteiger partial charge in [0.15, 0.2) is 18.3 Å². The fourth-order valence-corrected chi connectivity index (χ4v) is 3.95. The van der Waals surface area contributed by atoms with E-state index in [-0.39, 0.29) is 27.5 Å². The van der Waals surface area contributed by atoms with Gasteiger partial charge in [-0.2, -0.15) is 5.26 Å². The van der Waals surface area contributed by atoms with Crippen LogP contribution >= 0.6 is 22.9 Å². The average molecular weight is 499 g/mol. The maximum absolute atomic E-state index is 12.6. The molecule has 0 saturated heterocycles. The highest BCUT2D eigenvalue weighted by Crippen LogP contribution is 2.25. The number of thiazole rings is 1. The molecule has 1 heterocycles. The standard InChI is InChI=1S/C22H15ClN4O6S/c1-12-11-34-21(25-12)16(9-24)19(28)10-33-22(30)15-4-2-3-5-18(15)26-20(29)14-7-6-13(27(31)32)8-17(14)23/h2-8,11,16H,10H2,1H3,(H,26,29). The summed E-state index contributed by atoms with van der Waals surface area (Å²) >= 11 is 7.15. The molecule has 0 fully saturated rings. The van der Waals surface area contributed by atoms with E-state index < -0.39 is 35.1 Å². The monoisotopic (exact) mass is 498 g/mol. The summed E-state index contributed by atoms with van der Waals surface area (Å²) in [5.41, 5.74) is 0.384. The molecule has 34 heavy (non-hydrogen) atoms. The molecule has 1 aromatic heterocycles. The van der Waals surface area contributed by atoms with Gasteiger partial charge in [-0.25, -0.2) is 9.78 Å². The predicted molar refractivity (Wildman–Crippen MR) is 123 cm³/mol. The summed E-state index contributed by atoms with van der Waals surface area (Å²) in [7, 11) is 0. The summed E-state index contributed by atoms with van der Waals surface area (Å²) < 4.78 is 5.08. The Morgan fingerprint density at radius 2 is 2.00 bits per heavy atom. The molecule has 12 heteroatoms. The first-order valence-corrected chi connectivity index (χ1v) is 10.8. The van der Waals surface area contributed by atoms with E-state index >= 15 is 0 Å². The number of carbonyl (C=O) groups is 3. The van der Waals surface area contributed by atoms with Crippen LogP contribution in [0, 0.1) is 28.4 Å². The van der Waals surface area contributed by atoms with Crippen LogP contribution in [-0.4, -0.2) is 34.2 Å². The van der Waals surface area contributed by atoms with Crippen LogP contribution in [0.2, 0.25) is 5.02 Å². The number of rotatable bonds is 8. The number of anilines is 1. The number of benzene rings is 2. The second kappa shape index (κ2) is 10.7. The minimum Gasteiger partial charge on any atom is -0.454 e. The third kappa shape index (κ3) is 5.61. The fourth-order valence-electron chi connectivity index (χ4n) is 2.83. The van der Waals surface area contributed by atoms with Crippen LogP contribution in [0.5, 0.6) is 0 Å². The first-order valence-electron chi connectivity index (χ1n) is 9.57. The number of ether oxygens (including phenoxy) is 1. The summed E-state index contributed by atoms with van der Waals surface area (Å²) in [6.45, 7) is 1.07. The summed E-state index contributed by atoms with van der Waals surface area (Å²) in [6, 6.07) is 11.1. The molecule has 0 spiro atoms. The minimum absolute atomic E-state index is 0.0405. The lowest BCUT2D eigenvalue weighted by atomic mass is 10.1. The Bertz CT molecular complexity index is 1330. The highest BCUT2D eigenvalue weighted by Gasteiger charge is 2.25. The van der Waals surface area contributed by atoms with E-state index in [0.717, 1.165) is 23.5 Å². The maximum Gasteiger partial charge on any atom is 0.340 e. The summed E-state index contributed by atoms with van der Waals surface area (Å²) in [6.07, 6.45) is 0. The SMILES string of the molecule is Cc1csc(C(C#N)C(=O)COC(=O)c2ccccc2NC(=O)c2ccc([N+](=O)[O-])cc2Cl)n1. The van der Waals surface area contributed by atoms with E-state index in [4.69, 9.17) is 16.3 Å². The highest BCUT2D eigenvalue weighted by atomic mass is 35.5. The molecular formula is C22H15ClN4O6S. The van der Waals surface area contributed by atoms with Crippen LogP contribution in [0.3, 0.4) is 0 Å². The van der Waals surface area contributed by atoms with Gasteiger partial charge >= 0.3 is 5.97 Å². The van der Waals surface area contributed by atoms with E-state index in [9.17, 15) is 29.8 Å². The van der Waals surface area contributed by atoms with Gasteiger partial charge < -0.3 is 10.1 Å². The number of nitriles is 1. The van der Waals surface area contributed by atoms with Gasteiger partial charge in [0.25, 0.3) is 11.6 Å². The summed E-state index contributed by atoms with van der Waals surface area (Å²) in [4.78, 5) is 52.0. The molecule has 172 valence electrons. The van der Waals surface area contributed by atoms with E-state index in [1.165, 1.54) is 24.3 Å². The highest BCUT2D eigenvalue weighted by molar-refractivity contribution is 7.09. The van der Waals surface area contributed by atoms with Crippen LogP contribution in [0.1, 0.15) is 37.3 Å². The van der Waals surface area contributed by atoms with Gasteiger partial charge in [0.1, 0.15) is 5.01 Å². The molecule has 0 radical (unpaired) electrons. The van der Waals surface area contributed by atoms with E-state index in [0.29, 0.717) is 10.7 Å². The van der Waals surface area contributed by atoms with Gasteiger partial charge in [0, 0.05) is 23.2 Å². The Balaban J connectivity index is 1.71. The maximum atomic E-state index is 12.6. The zero-order valence-corrected chi connectivity index (χ0v) is 19.1. The van der Waals surface area contributed by atoms with Crippen molar-refractivity contribution in [1.29, 1.82) is 5.26 Å². The van der Waals surface area contributed by atoms with E-state index in [1.807, 2.05) is 6.07 Å². The molecule has 0 bridgehead atoms. The number of ketones is 1. The Kier molecular flexibility index (Phi) is 7.68. The van der Waals surface area contributed by atoms with Crippen LogP contribution in [-0.2, 0) is 9.53 Å². The molecule has 1 N–H and O–H groups in total. The van der Waals surface area contributed by atoms with E-state index in [1.54, 1.807) is 18.4 Å². The van der Waals surface area contributed by atoms with Crippen molar-refractivity contribution in [1.82, 2.24) is 4.98 Å². The fraction of sp³-hybridized carbons (Fsp3) is 0.136. The molecule has 1 atom stereocenters. The number of Topliss-reactive ketones (excluding diaryl/α,β-unsaturated/α-hetero) is 1. The number of carbonyl (C=O) groups excluding carboxylic acids is 3. The number of aryl methyl sites for hydroxylation is 1. The van der Waals surface area contributed by atoms with Gasteiger partial charge in [0.05, 0.1) is 32.8 Å². The lowest BCUT2D eigenvalue weighted by Crippen LogP contribution is -2.21. The Morgan fingerprint density at radius 3 is 2.62 bits per heavy atom. The van der Waals surface area contributed by atoms with Crippen molar-refractivity contribution in [2.75, 3.05) is 11.9 Å². The number of nitro benzene ring substituents is 1. The number of non-ortho nitro benzene ring substituents is 1. The molecule has 1 unspecified atom stereocenters. The van der Waals surface area contributed by atoms with Gasteiger partial charge in [-0.3, -0.25) is 19.7 Å². The second-order valence-corrected chi connectivity index (χ2v) is 8.15. The lowest BCUT2D eigenvalue weighted by molar-refractivity contribution is -0.384. The molecule has 1 amide bonds. The number of aromatic nitrogens is 1. The van der Waals surface area contributed by atoms with Crippen molar-refractivity contribution in [2.24, 2.45) is 0 Å². The molecule has 2 aromatic carbocycles. The Labute approximate surface area is 201 Å². The number of para-hydroxylation sites is 1. The van der Waals surface area contributed by atoms with Crippen molar-refractivity contribution < 1.29 is 24.0 Å². The number of nitro groups is 1. The molecule has 3 rings (SSSR count). The topological polar surface area (TPSA) is 152 Å².